The van der Waals surface area contributed by atoms with Crippen LogP contribution in [0.2, 0.25) is 0 Å². The molecule has 1 heterocycles. The molecule has 0 atom stereocenters. The third kappa shape index (κ3) is 7.95. The first-order valence-corrected chi connectivity index (χ1v) is 12.6. The van der Waals surface area contributed by atoms with Crippen LogP contribution in [0.25, 0.3) is 10.4 Å². The van der Waals surface area contributed by atoms with Crippen LogP contribution in [0, 0.1) is 13.9 Å². The predicted molar refractivity (Wildman–Crippen MR) is 132 cm³/mol. The van der Waals surface area contributed by atoms with Gasteiger partial charge in [0.2, 0.25) is 5.91 Å². The fourth-order valence-corrected chi connectivity index (χ4v) is 5.21. The molecule has 3 aromatic rings. The summed E-state index contributed by atoms with van der Waals surface area (Å²) < 4.78 is 11.5. The SMILES string of the molecule is CC(=O)Nc1ccc(C(=O)Oc2ccc(-c3cc(=S)ss3)cc2)c(OC(=O)CCCO[N+](=O)[O-])c1. The molecule has 3 rings (SSSR count). The number of hydrogen-bond donors (Lipinski definition) is 1. The maximum atomic E-state index is 12.8. The molecule has 182 valence electrons. The number of nitrogens with one attached hydrogen (secondary N) is 1. The van der Waals surface area contributed by atoms with E-state index in [2.05, 4.69) is 10.2 Å². The van der Waals surface area contributed by atoms with Crippen molar-refractivity contribution in [2.45, 2.75) is 19.8 Å². The van der Waals surface area contributed by atoms with Crippen LogP contribution in [0.5, 0.6) is 11.5 Å². The average Bonchev–Trinajstić information content (AvgIpc) is 3.23. The van der Waals surface area contributed by atoms with Gasteiger partial charge in [0.05, 0.1) is 6.61 Å². The topological polar surface area (TPSA) is 134 Å². The molecule has 13 heteroatoms. The van der Waals surface area contributed by atoms with Gasteiger partial charge in [-0.15, -0.1) is 10.1 Å². The van der Waals surface area contributed by atoms with Crippen LogP contribution in [-0.2, 0) is 14.4 Å². The van der Waals surface area contributed by atoms with E-state index in [4.69, 9.17) is 21.7 Å². The van der Waals surface area contributed by atoms with E-state index < -0.39 is 17.0 Å². The van der Waals surface area contributed by atoms with Crippen molar-refractivity contribution in [2.75, 3.05) is 11.9 Å². The van der Waals surface area contributed by atoms with Gasteiger partial charge >= 0.3 is 11.9 Å². The number of ether oxygens (including phenoxy) is 2. The zero-order valence-corrected chi connectivity index (χ0v) is 20.6. The summed E-state index contributed by atoms with van der Waals surface area (Å²) in [6, 6.07) is 12.9. The quantitative estimate of drug-likeness (QED) is 0.0701. The Labute approximate surface area is 211 Å². The largest absolute Gasteiger partial charge is 0.426 e. The summed E-state index contributed by atoms with van der Waals surface area (Å²) in [5.74, 6) is -1.73. The first-order chi connectivity index (χ1) is 16.7. The highest BCUT2D eigenvalue weighted by Gasteiger charge is 2.19. The van der Waals surface area contributed by atoms with Crippen molar-refractivity contribution in [1.82, 2.24) is 0 Å². The molecule has 1 aromatic heterocycles. The number of rotatable bonds is 10. The van der Waals surface area contributed by atoms with Crippen LogP contribution >= 0.6 is 32.9 Å². The van der Waals surface area contributed by atoms with Crippen LogP contribution in [0.1, 0.15) is 30.1 Å². The van der Waals surface area contributed by atoms with Gasteiger partial charge in [-0.05, 0) is 54.4 Å². The smallest absolute Gasteiger partial charge is 0.347 e. The average molecular weight is 535 g/mol. The van der Waals surface area contributed by atoms with E-state index in [-0.39, 0.29) is 42.4 Å². The first-order valence-electron chi connectivity index (χ1n) is 10.0. The number of esters is 2. The number of amides is 1. The number of hydrogen-bond acceptors (Lipinski definition) is 11. The lowest BCUT2D eigenvalue weighted by Gasteiger charge is -2.12. The fourth-order valence-electron chi connectivity index (χ4n) is 2.81. The minimum atomic E-state index is -0.958. The van der Waals surface area contributed by atoms with Crippen molar-refractivity contribution >= 4 is 56.4 Å². The van der Waals surface area contributed by atoms with Crippen molar-refractivity contribution in [3.63, 3.8) is 0 Å². The third-order valence-electron chi connectivity index (χ3n) is 4.28. The highest BCUT2D eigenvalue weighted by molar-refractivity contribution is 7.80. The van der Waals surface area contributed by atoms with E-state index in [1.807, 2.05) is 6.07 Å². The van der Waals surface area contributed by atoms with Gasteiger partial charge < -0.3 is 19.6 Å². The molecule has 0 saturated heterocycles. The van der Waals surface area contributed by atoms with Crippen molar-refractivity contribution in [1.29, 1.82) is 0 Å². The van der Waals surface area contributed by atoms with Gasteiger partial charge in [-0.2, -0.15) is 0 Å². The Morgan fingerprint density at radius 3 is 2.43 bits per heavy atom. The normalized spacial score (nSPS) is 10.3. The van der Waals surface area contributed by atoms with Gasteiger partial charge in [-0.25, -0.2) is 4.79 Å². The summed E-state index contributed by atoms with van der Waals surface area (Å²) in [4.78, 5) is 51.8. The molecule has 2 aromatic carbocycles. The Morgan fingerprint density at radius 2 is 1.80 bits per heavy atom. The number of carbonyl (C=O) groups is 3. The van der Waals surface area contributed by atoms with E-state index in [0.717, 1.165) is 14.3 Å². The molecule has 0 radical (unpaired) electrons. The Balaban J connectivity index is 1.74. The second-order valence-electron chi connectivity index (χ2n) is 6.93. The van der Waals surface area contributed by atoms with Gasteiger partial charge in [0, 0.05) is 30.0 Å². The minimum Gasteiger partial charge on any atom is -0.426 e. The maximum Gasteiger partial charge on any atom is 0.347 e. The van der Waals surface area contributed by atoms with E-state index in [1.165, 1.54) is 35.5 Å². The molecule has 0 aliphatic rings. The third-order valence-corrected chi connectivity index (χ3v) is 7.19. The minimum absolute atomic E-state index is 0.0370. The van der Waals surface area contributed by atoms with E-state index in [1.54, 1.807) is 34.6 Å². The molecule has 35 heavy (non-hydrogen) atoms. The molecule has 0 spiro atoms. The van der Waals surface area contributed by atoms with E-state index in [0.29, 0.717) is 5.69 Å². The van der Waals surface area contributed by atoms with E-state index >= 15 is 0 Å². The monoisotopic (exact) mass is 534 g/mol. The summed E-state index contributed by atoms with van der Waals surface area (Å²) in [7, 11) is 3.05. The summed E-state index contributed by atoms with van der Waals surface area (Å²) in [5, 5.41) is 11.8. The van der Waals surface area contributed by atoms with Gasteiger partial charge in [0.1, 0.15) is 20.9 Å². The van der Waals surface area contributed by atoms with Gasteiger partial charge in [-0.1, -0.05) is 32.9 Å². The van der Waals surface area contributed by atoms with Crippen LogP contribution in [0.3, 0.4) is 0 Å². The molecular weight excluding hydrogens is 516 g/mol. The Kier molecular flexibility index (Phi) is 9.00. The summed E-state index contributed by atoms with van der Waals surface area (Å²) in [6.45, 7) is 1.03. The lowest BCUT2D eigenvalue weighted by molar-refractivity contribution is -0.757. The molecular formula is C22H18N2O8S3. The van der Waals surface area contributed by atoms with E-state index in [9.17, 15) is 24.5 Å². The molecule has 1 N–H and O–H groups in total. The standard InChI is InChI=1S/C22H18N2O8S3/c1-13(25)23-15-6-9-17(18(11-15)32-20(26)3-2-10-30-24(28)29)22(27)31-16-7-4-14(5-8-16)19-12-21(33)35-34-19/h4-9,11-12H,2-3,10H2,1H3,(H,23,25). The van der Waals surface area contributed by atoms with Crippen LogP contribution in [0.4, 0.5) is 5.69 Å². The molecule has 0 bridgehead atoms. The highest BCUT2D eigenvalue weighted by Crippen LogP contribution is 2.31. The van der Waals surface area contributed by atoms with Crippen molar-refractivity contribution in [2.24, 2.45) is 0 Å². The molecule has 1 amide bonds. The Bertz CT molecular complexity index is 1300. The molecule has 0 fully saturated rings. The molecule has 0 aliphatic carbocycles. The Hall–Kier alpha value is -3.68. The molecule has 0 unspecified atom stereocenters. The summed E-state index contributed by atoms with van der Waals surface area (Å²) in [6.07, 6.45) is -0.154. The second kappa shape index (κ2) is 12.1. The van der Waals surface area contributed by atoms with Crippen LogP contribution < -0.4 is 14.8 Å². The first kappa shape index (κ1) is 25.9. The van der Waals surface area contributed by atoms with Crippen molar-refractivity contribution in [3.05, 3.63) is 68.0 Å². The molecule has 10 nitrogen and oxygen atoms in total. The van der Waals surface area contributed by atoms with Crippen molar-refractivity contribution in [3.8, 4) is 21.9 Å². The maximum absolute atomic E-state index is 12.8. The molecule has 0 saturated carbocycles. The number of anilines is 1. The van der Waals surface area contributed by atoms with Crippen molar-refractivity contribution < 1.29 is 33.8 Å². The lowest BCUT2D eigenvalue weighted by Crippen LogP contribution is -2.16. The number of carbonyl (C=O) groups excluding carboxylic acids is 3. The lowest BCUT2D eigenvalue weighted by atomic mass is 10.1. The van der Waals surface area contributed by atoms with Crippen LogP contribution in [-0.4, -0.2) is 29.5 Å². The van der Waals surface area contributed by atoms with Gasteiger partial charge in [0.25, 0.3) is 5.09 Å². The number of benzene rings is 2. The van der Waals surface area contributed by atoms with Gasteiger partial charge in [0.15, 0.2) is 0 Å². The summed E-state index contributed by atoms with van der Waals surface area (Å²) >= 11 is 5.15. The van der Waals surface area contributed by atoms with Crippen LogP contribution in [0.15, 0.2) is 48.5 Å². The fraction of sp³-hybridized carbons (Fsp3) is 0.182. The predicted octanol–water partition coefficient (Wildman–Crippen LogP) is 5.28. The number of nitrogens with zero attached hydrogens (tertiary/aromatic N) is 1. The summed E-state index contributed by atoms with van der Waals surface area (Å²) in [5.41, 5.74) is 1.18. The van der Waals surface area contributed by atoms with Gasteiger partial charge in [-0.3, -0.25) is 9.59 Å². The second-order valence-corrected chi connectivity index (χ2v) is 9.85. The zero-order valence-electron chi connectivity index (χ0n) is 18.2. The Morgan fingerprint density at radius 1 is 1.06 bits per heavy atom. The molecule has 0 aliphatic heterocycles. The zero-order chi connectivity index (χ0) is 25.4. The highest BCUT2D eigenvalue weighted by atomic mass is 32.9.